The van der Waals surface area contributed by atoms with Gasteiger partial charge in [0.05, 0.1) is 15.1 Å². The maximum absolute atomic E-state index is 13.0. The molecule has 0 bridgehead atoms. The summed E-state index contributed by atoms with van der Waals surface area (Å²) in [5.74, 6) is -0.182. The van der Waals surface area contributed by atoms with Gasteiger partial charge in [-0.25, -0.2) is 4.98 Å². The van der Waals surface area contributed by atoms with Crippen molar-refractivity contribution in [3.05, 3.63) is 56.5 Å². The van der Waals surface area contributed by atoms with E-state index in [9.17, 15) is 14.9 Å². The molecule has 31 heavy (non-hydrogen) atoms. The monoisotopic (exact) mass is 480 g/mol. The number of benzene rings is 1. The number of aryl methyl sites for hydroxylation is 2. The number of fused-ring (bicyclic) bond motifs is 1. The topological polar surface area (TPSA) is 79.6 Å². The molecule has 0 fully saturated rings. The molecule has 2 aromatic heterocycles. The second kappa shape index (κ2) is 10.8. The van der Waals surface area contributed by atoms with Crippen LogP contribution in [0.15, 0.2) is 30.3 Å². The summed E-state index contributed by atoms with van der Waals surface area (Å²) in [6.45, 7) is 5.49. The molecule has 0 aliphatic carbocycles. The van der Waals surface area contributed by atoms with Crippen molar-refractivity contribution in [3.8, 4) is 0 Å². The normalized spacial score (nSPS) is 11.3. The Balaban J connectivity index is 0.00000341. The van der Waals surface area contributed by atoms with Gasteiger partial charge in [0, 0.05) is 23.6 Å². The van der Waals surface area contributed by atoms with E-state index in [-0.39, 0.29) is 23.3 Å². The first kappa shape index (κ1) is 24.9. The standard InChI is InChI=1S/C21H24N4O3S2.ClH/c1-14-12-15(2)20-17(13-14)22-21(30-20)24(11-5-10-23(3)4)18(26)8-6-16-7-9-19(29-16)25(27)28;/h6-9,12-13H,5,10-11H2,1-4H3;1H. The largest absolute Gasteiger partial charge is 0.324 e. The number of carbonyl (C=O) groups is 1. The smallest absolute Gasteiger partial charge is 0.309 e. The summed E-state index contributed by atoms with van der Waals surface area (Å²) in [5.41, 5.74) is 3.19. The Morgan fingerprint density at radius 2 is 1.94 bits per heavy atom. The lowest BCUT2D eigenvalue weighted by Crippen LogP contribution is -2.32. The van der Waals surface area contributed by atoms with Crippen molar-refractivity contribution in [3.63, 3.8) is 0 Å². The molecule has 166 valence electrons. The Bertz CT molecular complexity index is 1110. The first-order chi connectivity index (χ1) is 14.2. The molecule has 0 saturated carbocycles. The molecule has 1 amide bonds. The molecule has 0 aliphatic rings. The molecular formula is C21H25ClN4O3S2. The lowest BCUT2D eigenvalue weighted by Gasteiger charge is -2.19. The van der Waals surface area contributed by atoms with E-state index in [0.717, 1.165) is 45.6 Å². The predicted molar refractivity (Wildman–Crippen MR) is 132 cm³/mol. The highest BCUT2D eigenvalue weighted by atomic mass is 35.5. The summed E-state index contributed by atoms with van der Waals surface area (Å²) in [4.78, 5) is 32.6. The maximum Gasteiger partial charge on any atom is 0.324 e. The molecule has 0 atom stereocenters. The minimum absolute atomic E-state index is 0. The number of hydrogen-bond donors (Lipinski definition) is 0. The van der Waals surface area contributed by atoms with E-state index in [2.05, 4.69) is 17.9 Å². The number of nitrogens with zero attached hydrogens (tertiary/aromatic N) is 4. The lowest BCUT2D eigenvalue weighted by molar-refractivity contribution is -0.380. The van der Waals surface area contributed by atoms with Crippen LogP contribution >= 0.6 is 35.1 Å². The molecule has 2 heterocycles. The predicted octanol–water partition coefficient (Wildman–Crippen LogP) is 5.30. The van der Waals surface area contributed by atoms with Crippen molar-refractivity contribution in [2.75, 3.05) is 32.1 Å². The van der Waals surface area contributed by atoms with Gasteiger partial charge in [-0.05, 0) is 70.2 Å². The maximum atomic E-state index is 13.0. The van der Waals surface area contributed by atoms with Crippen molar-refractivity contribution in [1.29, 1.82) is 0 Å². The number of anilines is 1. The number of aromatic nitrogens is 1. The number of hydrogen-bond acceptors (Lipinski definition) is 7. The van der Waals surface area contributed by atoms with Crippen LogP contribution in [0.1, 0.15) is 22.4 Å². The highest BCUT2D eigenvalue weighted by Gasteiger charge is 2.19. The molecule has 1 aromatic carbocycles. The van der Waals surface area contributed by atoms with Crippen LogP contribution in [0.5, 0.6) is 0 Å². The average Bonchev–Trinajstić information content (AvgIpc) is 3.30. The highest BCUT2D eigenvalue weighted by Crippen LogP contribution is 2.32. The average molecular weight is 481 g/mol. The van der Waals surface area contributed by atoms with Crippen molar-refractivity contribution < 1.29 is 9.72 Å². The van der Waals surface area contributed by atoms with Crippen LogP contribution < -0.4 is 4.90 Å². The molecule has 0 saturated heterocycles. The van der Waals surface area contributed by atoms with Gasteiger partial charge in [-0.15, -0.1) is 12.4 Å². The van der Waals surface area contributed by atoms with Gasteiger partial charge in [0.25, 0.3) is 5.91 Å². The summed E-state index contributed by atoms with van der Waals surface area (Å²) < 4.78 is 1.08. The Morgan fingerprint density at radius 1 is 1.19 bits per heavy atom. The van der Waals surface area contributed by atoms with Gasteiger partial charge < -0.3 is 4.90 Å². The van der Waals surface area contributed by atoms with E-state index in [1.54, 1.807) is 17.0 Å². The molecule has 7 nitrogen and oxygen atoms in total. The van der Waals surface area contributed by atoms with Crippen LogP contribution in [-0.4, -0.2) is 47.9 Å². The molecular weight excluding hydrogens is 456 g/mol. The van der Waals surface area contributed by atoms with Gasteiger partial charge in [0.1, 0.15) is 0 Å². The van der Waals surface area contributed by atoms with Gasteiger partial charge in [-0.3, -0.25) is 19.8 Å². The number of halogens is 1. The molecule has 0 N–H and O–H groups in total. The summed E-state index contributed by atoms with van der Waals surface area (Å²) in [6, 6.07) is 7.24. The lowest BCUT2D eigenvalue weighted by atomic mass is 10.1. The first-order valence-corrected chi connectivity index (χ1v) is 11.1. The third-order valence-corrected chi connectivity index (χ3v) is 6.71. The zero-order chi connectivity index (χ0) is 21.8. The van der Waals surface area contributed by atoms with Crippen LogP contribution in [0, 0.1) is 24.0 Å². The fourth-order valence-corrected chi connectivity index (χ4v) is 4.87. The van der Waals surface area contributed by atoms with Gasteiger partial charge in [0.2, 0.25) is 0 Å². The fraction of sp³-hybridized carbons (Fsp3) is 0.333. The van der Waals surface area contributed by atoms with E-state index < -0.39 is 4.92 Å². The van der Waals surface area contributed by atoms with Crippen LogP contribution in [-0.2, 0) is 4.79 Å². The van der Waals surface area contributed by atoms with Crippen LogP contribution in [0.2, 0.25) is 0 Å². The summed E-state index contributed by atoms with van der Waals surface area (Å²) in [7, 11) is 4.00. The first-order valence-electron chi connectivity index (χ1n) is 9.51. The van der Waals surface area contributed by atoms with Crippen molar-refractivity contribution >= 4 is 67.4 Å². The third kappa shape index (κ3) is 6.33. The van der Waals surface area contributed by atoms with Crippen LogP contribution in [0.4, 0.5) is 10.1 Å². The Morgan fingerprint density at radius 3 is 2.58 bits per heavy atom. The minimum atomic E-state index is -0.428. The Hall–Kier alpha value is -2.33. The zero-order valence-corrected chi connectivity index (χ0v) is 20.3. The van der Waals surface area contributed by atoms with Gasteiger partial charge >= 0.3 is 5.00 Å². The molecule has 0 radical (unpaired) electrons. The van der Waals surface area contributed by atoms with Crippen LogP contribution in [0.25, 0.3) is 16.3 Å². The molecule has 3 aromatic rings. The summed E-state index contributed by atoms with van der Waals surface area (Å²) in [5, 5.41) is 11.6. The van der Waals surface area contributed by atoms with Gasteiger partial charge in [0.15, 0.2) is 5.13 Å². The minimum Gasteiger partial charge on any atom is -0.309 e. The number of thiophene rings is 1. The second-order valence-corrected chi connectivity index (χ2v) is 9.41. The molecule has 0 aliphatic heterocycles. The number of nitro groups is 1. The number of thiazole rings is 1. The van der Waals surface area contributed by atoms with Crippen molar-refractivity contribution in [2.45, 2.75) is 20.3 Å². The van der Waals surface area contributed by atoms with Gasteiger partial charge in [-0.1, -0.05) is 28.7 Å². The van der Waals surface area contributed by atoms with E-state index in [0.29, 0.717) is 16.6 Å². The highest BCUT2D eigenvalue weighted by molar-refractivity contribution is 7.22. The fourth-order valence-electron chi connectivity index (χ4n) is 3.10. The molecule has 0 unspecified atom stereocenters. The third-order valence-electron chi connectivity index (χ3n) is 4.48. The Kier molecular flexibility index (Phi) is 8.69. The zero-order valence-electron chi connectivity index (χ0n) is 17.8. The van der Waals surface area contributed by atoms with Crippen molar-refractivity contribution in [1.82, 2.24) is 9.88 Å². The Labute approximate surface area is 195 Å². The quantitative estimate of drug-likeness (QED) is 0.248. The van der Waals surface area contributed by atoms with Gasteiger partial charge in [-0.2, -0.15) is 0 Å². The van der Waals surface area contributed by atoms with E-state index in [1.165, 1.54) is 23.5 Å². The van der Waals surface area contributed by atoms with Crippen molar-refractivity contribution in [2.24, 2.45) is 0 Å². The molecule has 10 heteroatoms. The van der Waals surface area contributed by atoms with E-state index >= 15 is 0 Å². The summed E-state index contributed by atoms with van der Waals surface area (Å²) in [6.07, 6.45) is 3.90. The van der Waals surface area contributed by atoms with Crippen LogP contribution in [0.3, 0.4) is 0 Å². The SMILES string of the molecule is Cc1cc(C)c2sc(N(CCCN(C)C)C(=O)C=Cc3ccc([N+](=O)[O-])s3)nc2c1.Cl. The molecule has 3 rings (SSSR count). The second-order valence-electron chi connectivity index (χ2n) is 7.34. The number of amides is 1. The van der Waals surface area contributed by atoms with E-state index in [1.807, 2.05) is 27.1 Å². The van der Waals surface area contributed by atoms with E-state index in [4.69, 9.17) is 4.98 Å². The number of carbonyl (C=O) groups excluding carboxylic acids is 1. The summed E-state index contributed by atoms with van der Waals surface area (Å²) >= 11 is 2.56. The molecule has 0 spiro atoms. The number of rotatable bonds is 8.